The molecule has 98 valence electrons. The Morgan fingerprint density at radius 3 is 2.17 bits per heavy atom. The molecule has 0 radical (unpaired) electrons. The highest BCUT2D eigenvalue weighted by Crippen LogP contribution is 2.06. The van der Waals surface area contributed by atoms with Crippen molar-refractivity contribution in [2.75, 3.05) is 26.2 Å². The molecule has 0 bridgehead atoms. The molecule has 0 unspecified atom stereocenters. The molecule has 1 aromatic rings. The largest absolute Gasteiger partial charge is 0.465 e. The van der Waals surface area contributed by atoms with E-state index in [0.717, 1.165) is 13.1 Å². The number of hydrogen-bond donors (Lipinski definition) is 2. The van der Waals surface area contributed by atoms with Gasteiger partial charge in [-0.25, -0.2) is 4.79 Å². The third-order valence-electron chi connectivity index (χ3n) is 2.35. The second kappa shape index (κ2) is 7.23. The average molecular weight is 253 g/mol. The molecule has 0 aromatic heterocycles. The van der Waals surface area contributed by atoms with Crippen molar-refractivity contribution in [1.29, 1.82) is 0 Å². The molecule has 0 spiro atoms. The van der Waals surface area contributed by atoms with Crippen LogP contribution in [0, 0.1) is 10.1 Å². The number of nitrogens with one attached hydrogen (secondary N) is 1. The molecular weight excluding hydrogens is 238 g/mol. The maximum Gasteiger partial charge on any atom is 0.407 e. The molecule has 1 saturated heterocycles. The van der Waals surface area contributed by atoms with Gasteiger partial charge in [-0.2, -0.15) is 0 Å². The van der Waals surface area contributed by atoms with Gasteiger partial charge in [-0.3, -0.25) is 10.1 Å². The van der Waals surface area contributed by atoms with Crippen LogP contribution in [0.15, 0.2) is 30.3 Å². The molecule has 0 aliphatic carbocycles. The lowest BCUT2D eigenvalue weighted by atomic mass is 10.3. The van der Waals surface area contributed by atoms with Crippen molar-refractivity contribution in [2.24, 2.45) is 0 Å². The first-order valence-corrected chi connectivity index (χ1v) is 5.49. The summed E-state index contributed by atoms with van der Waals surface area (Å²) in [6.45, 7) is 2.81. The van der Waals surface area contributed by atoms with E-state index < -0.39 is 11.0 Å². The van der Waals surface area contributed by atoms with E-state index in [1.165, 1.54) is 17.0 Å². The highest BCUT2D eigenvalue weighted by Gasteiger charge is 2.13. The molecule has 1 heterocycles. The topological polar surface area (TPSA) is 95.7 Å². The first kappa shape index (κ1) is 13.9. The summed E-state index contributed by atoms with van der Waals surface area (Å²) >= 11 is 0. The van der Waals surface area contributed by atoms with Crippen LogP contribution >= 0.6 is 0 Å². The molecule has 2 rings (SSSR count). The smallest absolute Gasteiger partial charge is 0.407 e. The first-order chi connectivity index (χ1) is 8.61. The number of para-hydroxylation sites is 1. The third-order valence-corrected chi connectivity index (χ3v) is 2.35. The Bertz CT molecular complexity index is 391. The van der Waals surface area contributed by atoms with Crippen LogP contribution in [0.5, 0.6) is 0 Å². The van der Waals surface area contributed by atoms with E-state index in [1.807, 2.05) is 0 Å². The summed E-state index contributed by atoms with van der Waals surface area (Å²) in [5.74, 6) is 0. The van der Waals surface area contributed by atoms with E-state index in [-0.39, 0.29) is 5.69 Å². The predicted molar refractivity (Wildman–Crippen MR) is 65.6 cm³/mol. The molecule has 1 aliphatic heterocycles. The highest BCUT2D eigenvalue weighted by molar-refractivity contribution is 5.65. The van der Waals surface area contributed by atoms with Gasteiger partial charge in [0.25, 0.3) is 5.69 Å². The fraction of sp³-hybridized carbons (Fsp3) is 0.364. The molecular formula is C11H15N3O4. The van der Waals surface area contributed by atoms with Gasteiger partial charge in [0.2, 0.25) is 0 Å². The van der Waals surface area contributed by atoms with Gasteiger partial charge in [-0.05, 0) is 0 Å². The van der Waals surface area contributed by atoms with Crippen LogP contribution in [-0.2, 0) is 0 Å². The Kier molecular flexibility index (Phi) is 5.59. The molecule has 1 amide bonds. The minimum absolute atomic E-state index is 0.137. The Labute approximate surface area is 104 Å². The molecule has 1 aromatic carbocycles. The zero-order chi connectivity index (χ0) is 13.4. The Morgan fingerprint density at radius 2 is 1.83 bits per heavy atom. The third kappa shape index (κ3) is 4.79. The van der Waals surface area contributed by atoms with Crippen molar-refractivity contribution in [3.63, 3.8) is 0 Å². The van der Waals surface area contributed by atoms with Gasteiger partial charge in [-0.1, -0.05) is 18.2 Å². The molecule has 7 nitrogen and oxygen atoms in total. The number of nitro groups is 1. The number of nitrogens with zero attached hydrogens (tertiary/aromatic N) is 2. The van der Waals surface area contributed by atoms with Crippen molar-refractivity contribution in [2.45, 2.75) is 0 Å². The maximum absolute atomic E-state index is 10.3. The van der Waals surface area contributed by atoms with Crippen LogP contribution in [0.4, 0.5) is 10.5 Å². The van der Waals surface area contributed by atoms with Gasteiger partial charge in [0.05, 0.1) is 4.92 Å². The van der Waals surface area contributed by atoms with E-state index in [9.17, 15) is 14.9 Å². The summed E-state index contributed by atoms with van der Waals surface area (Å²) in [5, 5.41) is 21.5. The van der Waals surface area contributed by atoms with Gasteiger partial charge >= 0.3 is 6.09 Å². The second-order valence-electron chi connectivity index (χ2n) is 3.61. The van der Waals surface area contributed by atoms with Gasteiger partial charge in [0.15, 0.2) is 0 Å². The maximum atomic E-state index is 10.3. The number of rotatable bonds is 1. The van der Waals surface area contributed by atoms with E-state index >= 15 is 0 Å². The molecule has 1 aliphatic rings. The molecule has 0 atom stereocenters. The number of non-ortho nitro benzene ring substituents is 1. The van der Waals surface area contributed by atoms with E-state index in [1.54, 1.807) is 18.2 Å². The lowest BCUT2D eigenvalue weighted by molar-refractivity contribution is -0.384. The van der Waals surface area contributed by atoms with Crippen molar-refractivity contribution in [1.82, 2.24) is 10.2 Å². The van der Waals surface area contributed by atoms with Crippen molar-refractivity contribution in [3.8, 4) is 0 Å². The Balaban J connectivity index is 0.000000180. The van der Waals surface area contributed by atoms with Gasteiger partial charge in [0, 0.05) is 38.3 Å². The lowest BCUT2D eigenvalue weighted by Gasteiger charge is -2.23. The summed E-state index contributed by atoms with van der Waals surface area (Å²) in [6.07, 6.45) is -0.809. The number of piperazine rings is 1. The zero-order valence-corrected chi connectivity index (χ0v) is 9.78. The normalized spacial score (nSPS) is 14.3. The number of nitro benzene ring substituents is 1. The SMILES string of the molecule is O=C(O)N1CCNCC1.O=[N+]([O-])c1ccccc1. The Hall–Kier alpha value is -2.15. The monoisotopic (exact) mass is 253 g/mol. The van der Waals surface area contributed by atoms with Crippen molar-refractivity contribution >= 4 is 11.8 Å². The van der Waals surface area contributed by atoms with Crippen LogP contribution in [0.2, 0.25) is 0 Å². The van der Waals surface area contributed by atoms with E-state index in [2.05, 4.69) is 5.32 Å². The zero-order valence-electron chi connectivity index (χ0n) is 9.78. The second-order valence-corrected chi connectivity index (χ2v) is 3.61. The minimum Gasteiger partial charge on any atom is -0.465 e. The molecule has 7 heteroatoms. The van der Waals surface area contributed by atoms with Crippen molar-refractivity contribution < 1.29 is 14.8 Å². The quantitative estimate of drug-likeness (QED) is 0.578. The van der Waals surface area contributed by atoms with Crippen molar-refractivity contribution in [3.05, 3.63) is 40.4 Å². The van der Waals surface area contributed by atoms with Gasteiger partial charge in [0.1, 0.15) is 0 Å². The fourth-order valence-electron chi connectivity index (χ4n) is 1.41. The van der Waals surface area contributed by atoms with E-state index in [4.69, 9.17) is 5.11 Å². The Morgan fingerprint density at radius 1 is 1.28 bits per heavy atom. The van der Waals surface area contributed by atoms with Gasteiger partial charge in [-0.15, -0.1) is 0 Å². The highest BCUT2D eigenvalue weighted by atomic mass is 16.6. The van der Waals surface area contributed by atoms with Crippen LogP contribution in [-0.4, -0.2) is 47.2 Å². The number of carbonyl (C=O) groups is 1. The number of hydrogen-bond acceptors (Lipinski definition) is 4. The fourth-order valence-corrected chi connectivity index (χ4v) is 1.41. The summed E-state index contributed by atoms with van der Waals surface area (Å²) in [6, 6.07) is 7.93. The van der Waals surface area contributed by atoms with E-state index in [0.29, 0.717) is 13.1 Å². The molecule has 1 fully saturated rings. The van der Waals surface area contributed by atoms with Crippen LogP contribution in [0.1, 0.15) is 0 Å². The van der Waals surface area contributed by atoms with Crippen LogP contribution < -0.4 is 5.32 Å². The average Bonchev–Trinajstić information content (AvgIpc) is 2.41. The standard InChI is InChI=1S/C6H5NO2.C5H10N2O2/c8-7(9)6-4-2-1-3-5-6;8-5(9)7-3-1-6-2-4-7/h1-5H;6H,1-4H2,(H,8,9). The number of carboxylic acid groups (broad SMARTS) is 1. The van der Waals surface area contributed by atoms with Gasteiger partial charge < -0.3 is 15.3 Å². The van der Waals surface area contributed by atoms with Crippen LogP contribution in [0.25, 0.3) is 0 Å². The number of benzene rings is 1. The molecule has 2 N–H and O–H groups in total. The predicted octanol–water partition coefficient (Wildman–Crippen LogP) is 1.16. The first-order valence-electron chi connectivity index (χ1n) is 5.49. The molecule has 0 saturated carbocycles. The number of amides is 1. The summed E-state index contributed by atoms with van der Waals surface area (Å²) in [5.41, 5.74) is 0.137. The minimum atomic E-state index is -0.809. The summed E-state index contributed by atoms with van der Waals surface area (Å²) in [7, 11) is 0. The summed E-state index contributed by atoms with van der Waals surface area (Å²) < 4.78 is 0. The molecule has 18 heavy (non-hydrogen) atoms. The van der Waals surface area contributed by atoms with Crippen LogP contribution in [0.3, 0.4) is 0 Å². The lowest BCUT2D eigenvalue weighted by Crippen LogP contribution is -2.45. The summed E-state index contributed by atoms with van der Waals surface area (Å²) in [4.78, 5) is 21.3.